The van der Waals surface area contributed by atoms with Crippen molar-refractivity contribution in [1.29, 1.82) is 0 Å². The predicted octanol–water partition coefficient (Wildman–Crippen LogP) is 4.25. The van der Waals surface area contributed by atoms with E-state index in [0.29, 0.717) is 10.0 Å². The molecule has 0 fully saturated rings. The molecule has 2 aromatic carbocycles. The molecular weight excluding hydrogens is 383 g/mol. The Kier molecular flexibility index (Phi) is 5.13. The lowest BCUT2D eigenvalue weighted by Gasteiger charge is -2.08. The molecule has 0 aliphatic carbocycles. The standard InChI is InChI=1S/C14H9BrClFO3S/c15-9-2-4-11(14(18)19)13(5-9)21(20)7-8-1-3-10(17)6-12(8)16/h1-6H,7H2,(H,18,19). The summed E-state index contributed by atoms with van der Waals surface area (Å²) in [6, 6.07) is 8.23. The topological polar surface area (TPSA) is 54.4 Å². The molecule has 0 radical (unpaired) electrons. The largest absolute Gasteiger partial charge is 0.478 e. The molecular formula is C14H9BrClFO3S. The molecule has 0 spiro atoms. The lowest BCUT2D eigenvalue weighted by molar-refractivity contribution is 0.0693. The number of aromatic carboxylic acids is 1. The van der Waals surface area contributed by atoms with Crippen LogP contribution in [0.4, 0.5) is 4.39 Å². The number of hydrogen-bond donors (Lipinski definition) is 1. The number of benzene rings is 2. The maximum atomic E-state index is 13.0. The van der Waals surface area contributed by atoms with Crippen LogP contribution >= 0.6 is 27.5 Å². The summed E-state index contributed by atoms with van der Waals surface area (Å²) >= 11 is 9.11. The number of halogens is 3. The Hall–Kier alpha value is -1.24. The number of carboxylic acid groups (broad SMARTS) is 1. The highest BCUT2D eigenvalue weighted by Gasteiger charge is 2.17. The molecule has 7 heteroatoms. The van der Waals surface area contributed by atoms with Gasteiger partial charge in [-0.3, -0.25) is 4.21 Å². The third-order valence-electron chi connectivity index (χ3n) is 2.72. The molecule has 1 unspecified atom stereocenters. The van der Waals surface area contributed by atoms with Crippen LogP contribution in [-0.2, 0) is 16.6 Å². The highest BCUT2D eigenvalue weighted by molar-refractivity contribution is 9.10. The van der Waals surface area contributed by atoms with Gasteiger partial charge < -0.3 is 5.11 Å². The first-order chi connectivity index (χ1) is 9.88. The van der Waals surface area contributed by atoms with Crippen molar-refractivity contribution in [2.24, 2.45) is 0 Å². The Morgan fingerprint density at radius 2 is 2.00 bits per heavy atom. The van der Waals surface area contributed by atoms with Crippen molar-refractivity contribution in [2.45, 2.75) is 10.6 Å². The molecule has 0 aliphatic heterocycles. The molecule has 0 aromatic heterocycles. The van der Waals surface area contributed by atoms with Crippen LogP contribution in [0.3, 0.4) is 0 Å². The predicted molar refractivity (Wildman–Crippen MR) is 82.6 cm³/mol. The van der Waals surface area contributed by atoms with E-state index in [-0.39, 0.29) is 21.2 Å². The molecule has 0 aliphatic rings. The Bertz CT molecular complexity index is 736. The second kappa shape index (κ2) is 6.68. The zero-order chi connectivity index (χ0) is 15.6. The van der Waals surface area contributed by atoms with Crippen LogP contribution < -0.4 is 0 Å². The summed E-state index contributed by atoms with van der Waals surface area (Å²) in [5.41, 5.74) is 0.461. The van der Waals surface area contributed by atoms with E-state index in [2.05, 4.69) is 15.9 Å². The van der Waals surface area contributed by atoms with Gasteiger partial charge in [-0.15, -0.1) is 0 Å². The van der Waals surface area contributed by atoms with Gasteiger partial charge in [-0.05, 0) is 35.9 Å². The summed E-state index contributed by atoms with van der Waals surface area (Å²) in [7, 11) is -1.61. The highest BCUT2D eigenvalue weighted by Crippen LogP contribution is 2.25. The molecule has 0 bridgehead atoms. The fourth-order valence-corrected chi connectivity index (χ4v) is 3.89. The quantitative estimate of drug-likeness (QED) is 0.848. The van der Waals surface area contributed by atoms with Gasteiger partial charge in [0.05, 0.1) is 27.0 Å². The van der Waals surface area contributed by atoms with Gasteiger partial charge in [-0.1, -0.05) is 33.6 Å². The molecule has 0 saturated heterocycles. The van der Waals surface area contributed by atoms with Crippen molar-refractivity contribution in [3.05, 3.63) is 62.8 Å². The molecule has 1 N–H and O–H groups in total. The van der Waals surface area contributed by atoms with Gasteiger partial charge in [0.15, 0.2) is 0 Å². The van der Waals surface area contributed by atoms with E-state index in [9.17, 15) is 13.4 Å². The second-order valence-corrected chi connectivity index (χ2v) is 6.91. The minimum absolute atomic E-state index is 0.00977. The van der Waals surface area contributed by atoms with E-state index in [1.807, 2.05) is 0 Å². The highest BCUT2D eigenvalue weighted by atomic mass is 79.9. The van der Waals surface area contributed by atoms with Crippen molar-refractivity contribution < 1.29 is 18.5 Å². The number of hydrogen-bond acceptors (Lipinski definition) is 2. The molecule has 0 heterocycles. The maximum Gasteiger partial charge on any atom is 0.336 e. The fourth-order valence-electron chi connectivity index (χ4n) is 1.72. The minimum Gasteiger partial charge on any atom is -0.478 e. The molecule has 2 aromatic rings. The van der Waals surface area contributed by atoms with Crippen molar-refractivity contribution in [3.8, 4) is 0 Å². The van der Waals surface area contributed by atoms with Gasteiger partial charge in [0, 0.05) is 9.50 Å². The molecule has 0 saturated carbocycles. The summed E-state index contributed by atoms with van der Waals surface area (Å²) in [4.78, 5) is 11.4. The van der Waals surface area contributed by atoms with E-state index >= 15 is 0 Å². The van der Waals surface area contributed by atoms with Crippen molar-refractivity contribution in [3.63, 3.8) is 0 Å². The first kappa shape index (κ1) is 16.1. The lowest BCUT2D eigenvalue weighted by atomic mass is 10.2. The Morgan fingerprint density at radius 1 is 1.29 bits per heavy atom. The first-order valence-corrected chi connectivity index (χ1v) is 8.22. The average Bonchev–Trinajstić information content (AvgIpc) is 2.41. The van der Waals surface area contributed by atoms with Gasteiger partial charge in [0.2, 0.25) is 0 Å². The summed E-state index contributed by atoms with van der Waals surface area (Å²) < 4.78 is 26.0. The zero-order valence-electron chi connectivity index (χ0n) is 10.5. The van der Waals surface area contributed by atoms with Crippen LogP contribution in [0.5, 0.6) is 0 Å². The van der Waals surface area contributed by atoms with Crippen LogP contribution in [0, 0.1) is 5.82 Å². The summed E-state index contributed by atoms with van der Waals surface area (Å²) in [5.74, 6) is -1.63. The normalized spacial score (nSPS) is 12.1. The van der Waals surface area contributed by atoms with Crippen LogP contribution in [0.25, 0.3) is 0 Å². The van der Waals surface area contributed by atoms with E-state index in [4.69, 9.17) is 16.7 Å². The average molecular weight is 392 g/mol. The maximum absolute atomic E-state index is 13.0. The van der Waals surface area contributed by atoms with Gasteiger partial charge >= 0.3 is 5.97 Å². The molecule has 0 amide bonds. The second-order valence-electron chi connectivity index (χ2n) is 4.17. The number of carbonyl (C=O) groups is 1. The van der Waals surface area contributed by atoms with Crippen LogP contribution in [-0.4, -0.2) is 15.3 Å². The SMILES string of the molecule is O=C(O)c1ccc(Br)cc1S(=O)Cc1ccc(F)cc1Cl. The number of carboxylic acids is 1. The van der Waals surface area contributed by atoms with E-state index in [1.54, 1.807) is 6.07 Å². The van der Waals surface area contributed by atoms with Crippen molar-refractivity contribution in [1.82, 2.24) is 0 Å². The van der Waals surface area contributed by atoms with Gasteiger partial charge in [0.1, 0.15) is 5.82 Å². The summed E-state index contributed by atoms with van der Waals surface area (Å²) in [6.07, 6.45) is 0. The first-order valence-electron chi connectivity index (χ1n) is 5.73. The van der Waals surface area contributed by atoms with Crippen molar-refractivity contribution >= 4 is 44.3 Å². The van der Waals surface area contributed by atoms with Gasteiger partial charge in [0.25, 0.3) is 0 Å². The molecule has 3 nitrogen and oxygen atoms in total. The van der Waals surface area contributed by atoms with Crippen LogP contribution in [0.2, 0.25) is 5.02 Å². The smallest absolute Gasteiger partial charge is 0.336 e. The van der Waals surface area contributed by atoms with Crippen molar-refractivity contribution in [2.75, 3.05) is 0 Å². The Balaban J connectivity index is 2.36. The fraction of sp³-hybridized carbons (Fsp3) is 0.0714. The van der Waals surface area contributed by atoms with Gasteiger partial charge in [-0.25, -0.2) is 9.18 Å². The van der Waals surface area contributed by atoms with Crippen LogP contribution in [0.15, 0.2) is 45.8 Å². The third-order valence-corrected chi connectivity index (χ3v) is 4.97. The monoisotopic (exact) mass is 390 g/mol. The van der Waals surface area contributed by atoms with E-state index in [0.717, 1.165) is 6.07 Å². The van der Waals surface area contributed by atoms with E-state index in [1.165, 1.54) is 24.3 Å². The molecule has 2 rings (SSSR count). The molecule has 1 atom stereocenters. The van der Waals surface area contributed by atoms with Gasteiger partial charge in [-0.2, -0.15) is 0 Å². The lowest BCUT2D eigenvalue weighted by Crippen LogP contribution is -2.06. The minimum atomic E-state index is -1.61. The number of rotatable bonds is 4. The summed E-state index contributed by atoms with van der Waals surface area (Å²) in [6.45, 7) is 0. The molecule has 110 valence electrons. The Morgan fingerprint density at radius 3 is 2.62 bits per heavy atom. The zero-order valence-corrected chi connectivity index (χ0v) is 13.6. The Labute approximate surface area is 136 Å². The molecule has 21 heavy (non-hydrogen) atoms. The van der Waals surface area contributed by atoms with Crippen LogP contribution in [0.1, 0.15) is 15.9 Å². The third kappa shape index (κ3) is 3.90. The van der Waals surface area contributed by atoms with E-state index < -0.39 is 22.6 Å². The summed E-state index contributed by atoms with van der Waals surface area (Å²) in [5, 5.41) is 9.30.